The van der Waals surface area contributed by atoms with Gasteiger partial charge in [-0.1, -0.05) is 36.4 Å². The van der Waals surface area contributed by atoms with Crippen molar-refractivity contribution in [2.24, 2.45) is 0 Å². The molecule has 0 saturated carbocycles. The third kappa shape index (κ3) is 4.69. The molecule has 1 N–H and O–H groups in total. The van der Waals surface area contributed by atoms with Crippen LogP contribution in [0.4, 0.5) is 0 Å². The Morgan fingerprint density at radius 3 is 2.34 bits per heavy atom. The van der Waals surface area contributed by atoms with E-state index in [0.29, 0.717) is 47.3 Å². The van der Waals surface area contributed by atoms with Crippen molar-refractivity contribution >= 4 is 0 Å². The van der Waals surface area contributed by atoms with Crippen LogP contribution in [-0.4, -0.2) is 40.7 Å². The van der Waals surface area contributed by atoms with E-state index in [4.69, 9.17) is 29.0 Å². The number of hydrogen-bond acceptors (Lipinski definition) is 7. The Balaban J connectivity index is 1.44. The van der Waals surface area contributed by atoms with E-state index in [9.17, 15) is 5.41 Å². The van der Waals surface area contributed by atoms with Crippen LogP contribution in [0.5, 0.6) is 29.0 Å². The number of nitrogens with one attached hydrogen (secondary N) is 1. The molecule has 6 rings (SSSR count). The minimum Gasteiger partial charge on any atom is -0.497 e. The van der Waals surface area contributed by atoms with E-state index >= 15 is 0 Å². The molecule has 5 aromatic rings. The van der Waals surface area contributed by atoms with Crippen LogP contribution in [0.15, 0.2) is 79.1 Å². The molecule has 0 amide bonds. The molecule has 9 heteroatoms. The van der Waals surface area contributed by atoms with E-state index in [1.807, 2.05) is 89.0 Å². The number of para-hydroxylation sites is 1. The van der Waals surface area contributed by atoms with Gasteiger partial charge in [0.05, 0.1) is 49.8 Å². The largest absolute Gasteiger partial charge is 0.497 e. The molecule has 2 aromatic heterocycles. The predicted octanol–water partition coefficient (Wildman–Crippen LogP) is 5.41. The smallest absolute Gasteiger partial charge is 0.230 e. The summed E-state index contributed by atoms with van der Waals surface area (Å²) >= 11 is 0. The molecular weight excluding hydrogens is 518 g/mol. The molecular formula is C32H31N5O4. The zero-order chi connectivity index (χ0) is 28.5. The Morgan fingerprint density at radius 2 is 1.63 bits per heavy atom. The normalized spacial score (nSPS) is 13.6. The highest BCUT2D eigenvalue weighted by Gasteiger charge is 2.37. The highest BCUT2D eigenvalue weighted by molar-refractivity contribution is 5.57. The molecule has 0 fully saturated rings. The minimum absolute atomic E-state index is 0.300. The SMILES string of the molecule is COc1ccc(C2c3c(C)nn(-c4ccccc4)c3Oc3ncn(CCc4ccc(OC)c(OC)c4)c(=N)c32)cc1. The lowest BCUT2D eigenvalue weighted by molar-refractivity contribution is 0.354. The van der Waals surface area contributed by atoms with Gasteiger partial charge in [-0.15, -0.1) is 0 Å². The van der Waals surface area contributed by atoms with Crippen LogP contribution in [0.3, 0.4) is 0 Å². The van der Waals surface area contributed by atoms with Gasteiger partial charge in [-0.2, -0.15) is 5.10 Å². The number of aromatic nitrogens is 4. The number of hydrogen-bond donors (Lipinski definition) is 1. The van der Waals surface area contributed by atoms with E-state index < -0.39 is 0 Å². The summed E-state index contributed by atoms with van der Waals surface area (Å²) in [5, 5.41) is 14.2. The Morgan fingerprint density at radius 1 is 0.878 bits per heavy atom. The lowest BCUT2D eigenvalue weighted by Crippen LogP contribution is -2.30. The molecule has 41 heavy (non-hydrogen) atoms. The fourth-order valence-electron chi connectivity index (χ4n) is 5.36. The highest BCUT2D eigenvalue weighted by Crippen LogP contribution is 2.47. The topological polar surface area (TPSA) is 96.4 Å². The number of benzene rings is 3. The maximum Gasteiger partial charge on any atom is 0.230 e. The van der Waals surface area contributed by atoms with Gasteiger partial charge < -0.3 is 23.5 Å². The standard InChI is InChI=1S/C32H31N5O4/c1-20-27-28(22-11-13-24(38-2)14-12-22)29-30(33)36(17-16-21-10-15-25(39-3)26(18-21)40-4)19-34-31(29)41-32(27)37(35-20)23-8-6-5-7-9-23/h5-15,18-19,28,33H,16-17H2,1-4H3. The molecule has 1 aliphatic heterocycles. The quantitative estimate of drug-likeness (QED) is 0.273. The molecule has 1 unspecified atom stereocenters. The summed E-state index contributed by atoms with van der Waals surface area (Å²) in [5.74, 6) is 2.84. The van der Waals surface area contributed by atoms with Gasteiger partial charge in [0.2, 0.25) is 11.8 Å². The molecule has 0 aliphatic carbocycles. The van der Waals surface area contributed by atoms with Crippen molar-refractivity contribution in [3.63, 3.8) is 0 Å². The van der Waals surface area contributed by atoms with Crippen LogP contribution in [-0.2, 0) is 13.0 Å². The van der Waals surface area contributed by atoms with Crippen molar-refractivity contribution in [3.05, 3.63) is 113 Å². The molecule has 0 saturated heterocycles. The van der Waals surface area contributed by atoms with Crippen LogP contribution < -0.4 is 24.4 Å². The molecule has 3 aromatic carbocycles. The summed E-state index contributed by atoms with van der Waals surface area (Å²) in [6.45, 7) is 2.54. The second kappa shape index (κ2) is 10.8. The molecule has 1 aliphatic rings. The zero-order valence-corrected chi connectivity index (χ0v) is 23.4. The number of fused-ring (bicyclic) bond motifs is 2. The van der Waals surface area contributed by atoms with Gasteiger partial charge in [-0.05, 0) is 60.9 Å². The highest BCUT2D eigenvalue weighted by atomic mass is 16.5. The predicted molar refractivity (Wildman–Crippen MR) is 154 cm³/mol. The van der Waals surface area contributed by atoms with Gasteiger partial charge in [-0.25, -0.2) is 9.67 Å². The monoisotopic (exact) mass is 549 g/mol. The van der Waals surface area contributed by atoms with E-state index in [2.05, 4.69) is 0 Å². The summed E-state index contributed by atoms with van der Waals surface area (Å²) in [6.07, 6.45) is 2.36. The first-order valence-electron chi connectivity index (χ1n) is 13.3. The van der Waals surface area contributed by atoms with Gasteiger partial charge in [0.25, 0.3) is 0 Å². The Hall–Kier alpha value is -5.05. The third-order valence-corrected chi connectivity index (χ3v) is 7.46. The van der Waals surface area contributed by atoms with Crippen molar-refractivity contribution in [1.82, 2.24) is 19.3 Å². The minimum atomic E-state index is -0.300. The van der Waals surface area contributed by atoms with E-state index in [-0.39, 0.29) is 5.92 Å². The van der Waals surface area contributed by atoms with Gasteiger partial charge in [0.15, 0.2) is 11.5 Å². The molecule has 208 valence electrons. The summed E-state index contributed by atoms with van der Waals surface area (Å²) in [5.41, 5.74) is 5.75. The molecule has 0 radical (unpaired) electrons. The van der Waals surface area contributed by atoms with Gasteiger partial charge in [0, 0.05) is 6.54 Å². The number of ether oxygens (including phenoxy) is 4. The van der Waals surface area contributed by atoms with Crippen LogP contribution in [0, 0.1) is 12.3 Å². The van der Waals surface area contributed by atoms with Crippen LogP contribution in [0.2, 0.25) is 0 Å². The lowest BCUT2D eigenvalue weighted by Gasteiger charge is -2.27. The number of rotatable bonds is 8. The van der Waals surface area contributed by atoms with E-state index in [1.54, 1.807) is 27.7 Å². The number of aryl methyl sites for hydroxylation is 3. The maximum absolute atomic E-state index is 9.32. The zero-order valence-electron chi connectivity index (χ0n) is 23.4. The van der Waals surface area contributed by atoms with Crippen molar-refractivity contribution in [3.8, 4) is 34.7 Å². The molecule has 0 spiro atoms. The van der Waals surface area contributed by atoms with E-state index in [0.717, 1.165) is 33.8 Å². The average molecular weight is 550 g/mol. The lowest BCUT2D eigenvalue weighted by atomic mass is 9.84. The summed E-state index contributed by atoms with van der Waals surface area (Å²) in [6, 6.07) is 23.7. The Kier molecular flexibility index (Phi) is 6.93. The fraction of sp³-hybridized carbons (Fsp3) is 0.219. The molecule has 3 heterocycles. The van der Waals surface area contributed by atoms with Gasteiger partial charge in [0.1, 0.15) is 17.6 Å². The van der Waals surface area contributed by atoms with Crippen molar-refractivity contribution in [1.29, 1.82) is 5.41 Å². The second-order valence-electron chi connectivity index (χ2n) is 9.80. The van der Waals surface area contributed by atoms with Crippen molar-refractivity contribution in [2.45, 2.75) is 25.8 Å². The number of methoxy groups -OCH3 is 3. The van der Waals surface area contributed by atoms with Gasteiger partial charge >= 0.3 is 0 Å². The molecule has 1 atom stereocenters. The first-order valence-corrected chi connectivity index (χ1v) is 13.3. The maximum atomic E-state index is 9.32. The first kappa shape index (κ1) is 26.2. The van der Waals surface area contributed by atoms with Crippen LogP contribution in [0.25, 0.3) is 5.69 Å². The van der Waals surface area contributed by atoms with E-state index in [1.165, 1.54) is 0 Å². The van der Waals surface area contributed by atoms with Crippen LogP contribution in [0.1, 0.15) is 33.9 Å². The number of nitrogens with zero attached hydrogens (tertiary/aromatic N) is 4. The molecule has 0 bridgehead atoms. The summed E-state index contributed by atoms with van der Waals surface area (Å²) in [7, 11) is 4.90. The average Bonchev–Trinajstić information content (AvgIpc) is 3.35. The third-order valence-electron chi connectivity index (χ3n) is 7.46. The first-order chi connectivity index (χ1) is 20.0. The second-order valence-corrected chi connectivity index (χ2v) is 9.80. The van der Waals surface area contributed by atoms with Crippen molar-refractivity contribution in [2.75, 3.05) is 21.3 Å². The Bertz CT molecular complexity index is 1760. The Labute approximate surface area is 238 Å². The molecule has 9 nitrogen and oxygen atoms in total. The summed E-state index contributed by atoms with van der Waals surface area (Å²) < 4.78 is 26.4. The summed E-state index contributed by atoms with van der Waals surface area (Å²) in [4.78, 5) is 4.72. The van der Waals surface area contributed by atoms with Crippen LogP contribution >= 0.6 is 0 Å². The van der Waals surface area contributed by atoms with Crippen molar-refractivity contribution < 1.29 is 18.9 Å². The van der Waals surface area contributed by atoms with Gasteiger partial charge in [-0.3, -0.25) is 5.41 Å². The fourth-order valence-corrected chi connectivity index (χ4v) is 5.36.